The standard InChI is InChI=1S/C15H23NO3/c1-4-12(3)15(18)16-9-13(17)10-19-14-7-5-6-11(2)8-14/h5-8,12-13,17H,4,9-10H2,1-3H3,(H,16,18). The van der Waals surface area contributed by atoms with E-state index in [2.05, 4.69) is 5.32 Å². The molecule has 4 heteroatoms. The molecule has 1 aromatic rings. The van der Waals surface area contributed by atoms with Gasteiger partial charge in [-0.25, -0.2) is 0 Å². The van der Waals surface area contributed by atoms with Crippen LogP contribution in [-0.2, 0) is 4.79 Å². The first-order valence-electron chi connectivity index (χ1n) is 6.68. The summed E-state index contributed by atoms with van der Waals surface area (Å²) in [5, 5.41) is 12.5. The third kappa shape index (κ3) is 5.75. The van der Waals surface area contributed by atoms with Crippen molar-refractivity contribution < 1.29 is 14.6 Å². The number of carbonyl (C=O) groups excluding carboxylic acids is 1. The summed E-state index contributed by atoms with van der Waals surface area (Å²) in [6.45, 7) is 6.20. The Morgan fingerprint density at radius 3 is 2.84 bits per heavy atom. The van der Waals surface area contributed by atoms with Crippen LogP contribution in [-0.4, -0.2) is 30.3 Å². The lowest BCUT2D eigenvalue weighted by atomic mass is 10.1. The van der Waals surface area contributed by atoms with Gasteiger partial charge in [0.05, 0.1) is 0 Å². The van der Waals surface area contributed by atoms with Crippen LogP contribution in [0.2, 0.25) is 0 Å². The molecule has 1 aromatic carbocycles. The molecular weight excluding hydrogens is 242 g/mol. The minimum Gasteiger partial charge on any atom is -0.491 e. The number of aryl methyl sites for hydroxylation is 1. The summed E-state index contributed by atoms with van der Waals surface area (Å²) < 4.78 is 5.47. The summed E-state index contributed by atoms with van der Waals surface area (Å²) in [5.74, 6) is 0.675. The van der Waals surface area contributed by atoms with Gasteiger partial charge in [0.25, 0.3) is 0 Å². The number of ether oxygens (including phenoxy) is 1. The molecule has 2 unspecified atom stereocenters. The Balaban J connectivity index is 2.28. The first kappa shape index (κ1) is 15.5. The Hall–Kier alpha value is -1.55. The number of aliphatic hydroxyl groups is 1. The van der Waals surface area contributed by atoms with Crippen LogP contribution in [0, 0.1) is 12.8 Å². The van der Waals surface area contributed by atoms with Crippen LogP contribution < -0.4 is 10.1 Å². The Morgan fingerprint density at radius 1 is 1.47 bits per heavy atom. The van der Waals surface area contributed by atoms with Crippen LogP contribution >= 0.6 is 0 Å². The highest BCUT2D eigenvalue weighted by Crippen LogP contribution is 2.12. The predicted octanol–water partition coefficient (Wildman–Crippen LogP) is 1.90. The van der Waals surface area contributed by atoms with Crippen molar-refractivity contribution in [1.82, 2.24) is 5.32 Å². The molecule has 0 saturated carbocycles. The minimum absolute atomic E-state index is 0.0232. The number of hydrogen-bond acceptors (Lipinski definition) is 3. The van der Waals surface area contributed by atoms with E-state index in [9.17, 15) is 9.90 Å². The van der Waals surface area contributed by atoms with Gasteiger partial charge in [-0.1, -0.05) is 26.0 Å². The van der Waals surface area contributed by atoms with Crippen molar-refractivity contribution >= 4 is 5.91 Å². The molecule has 2 atom stereocenters. The minimum atomic E-state index is -0.700. The van der Waals surface area contributed by atoms with Crippen LogP contribution in [0.15, 0.2) is 24.3 Å². The van der Waals surface area contributed by atoms with Crippen LogP contribution in [0.1, 0.15) is 25.8 Å². The van der Waals surface area contributed by atoms with Gasteiger partial charge < -0.3 is 15.2 Å². The van der Waals surface area contributed by atoms with E-state index in [-0.39, 0.29) is 25.0 Å². The van der Waals surface area contributed by atoms with Gasteiger partial charge in [-0.3, -0.25) is 4.79 Å². The fraction of sp³-hybridized carbons (Fsp3) is 0.533. The molecule has 19 heavy (non-hydrogen) atoms. The first-order valence-corrected chi connectivity index (χ1v) is 6.68. The lowest BCUT2D eigenvalue weighted by Gasteiger charge is -2.15. The second-order valence-corrected chi connectivity index (χ2v) is 4.84. The Bertz CT molecular complexity index is 406. The lowest BCUT2D eigenvalue weighted by Crippen LogP contribution is -2.37. The van der Waals surface area contributed by atoms with Gasteiger partial charge in [0, 0.05) is 12.5 Å². The number of rotatable bonds is 7. The summed E-state index contributed by atoms with van der Waals surface area (Å²) in [5.41, 5.74) is 1.11. The predicted molar refractivity (Wildman–Crippen MR) is 75.1 cm³/mol. The highest BCUT2D eigenvalue weighted by molar-refractivity contribution is 5.78. The average molecular weight is 265 g/mol. The van der Waals surface area contributed by atoms with Crippen molar-refractivity contribution in [2.45, 2.75) is 33.3 Å². The molecule has 1 amide bonds. The van der Waals surface area contributed by atoms with Gasteiger partial charge in [-0.2, -0.15) is 0 Å². The molecule has 0 aromatic heterocycles. The van der Waals surface area contributed by atoms with Gasteiger partial charge >= 0.3 is 0 Å². The van der Waals surface area contributed by atoms with E-state index in [0.717, 1.165) is 17.7 Å². The summed E-state index contributed by atoms with van der Waals surface area (Å²) in [7, 11) is 0. The van der Waals surface area contributed by atoms with E-state index >= 15 is 0 Å². The number of hydrogen-bond donors (Lipinski definition) is 2. The van der Waals surface area contributed by atoms with Crippen LogP contribution in [0.25, 0.3) is 0 Å². The quantitative estimate of drug-likeness (QED) is 0.791. The fourth-order valence-electron chi connectivity index (χ4n) is 1.53. The van der Waals surface area contributed by atoms with Crippen LogP contribution in [0.5, 0.6) is 5.75 Å². The second-order valence-electron chi connectivity index (χ2n) is 4.84. The SMILES string of the molecule is CCC(C)C(=O)NCC(O)COc1cccc(C)c1. The van der Waals surface area contributed by atoms with E-state index in [4.69, 9.17) is 4.74 Å². The zero-order valence-electron chi connectivity index (χ0n) is 11.8. The summed E-state index contributed by atoms with van der Waals surface area (Å²) >= 11 is 0. The average Bonchev–Trinajstić information content (AvgIpc) is 2.41. The van der Waals surface area contributed by atoms with Crippen LogP contribution in [0.3, 0.4) is 0 Å². The summed E-state index contributed by atoms with van der Waals surface area (Å²) in [6.07, 6.45) is 0.0929. The maximum atomic E-state index is 11.5. The van der Waals surface area contributed by atoms with Crippen molar-refractivity contribution in [2.24, 2.45) is 5.92 Å². The maximum absolute atomic E-state index is 11.5. The summed E-state index contributed by atoms with van der Waals surface area (Å²) in [6, 6.07) is 7.64. The molecule has 0 saturated heterocycles. The molecule has 1 rings (SSSR count). The lowest BCUT2D eigenvalue weighted by molar-refractivity contribution is -0.125. The van der Waals surface area contributed by atoms with Crippen LogP contribution in [0.4, 0.5) is 0 Å². The number of aliphatic hydroxyl groups excluding tert-OH is 1. The number of nitrogens with one attached hydrogen (secondary N) is 1. The number of carbonyl (C=O) groups is 1. The maximum Gasteiger partial charge on any atom is 0.222 e. The molecule has 0 bridgehead atoms. The highest BCUT2D eigenvalue weighted by Gasteiger charge is 2.12. The molecule has 0 fully saturated rings. The zero-order valence-corrected chi connectivity index (χ0v) is 11.8. The zero-order chi connectivity index (χ0) is 14.3. The molecule has 106 valence electrons. The highest BCUT2D eigenvalue weighted by atomic mass is 16.5. The third-order valence-corrected chi connectivity index (χ3v) is 3.00. The van der Waals surface area contributed by atoms with Crippen molar-refractivity contribution in [1.29, 1.82) is 0 Å². The fourth-order valence-corrected chi connectivity index (χ4v) is 1.53. The van der Waals surface area contributed by atoms with Gasteiger partial charge in [0.1, 0.15) is 18.5 Å². The normalized spacial score (nSPS) is 13.7. The van der Waals surface area contributed by atoms with E-state index in [1.54, 1.807) is 0 Å². The van der Waals surface area contributed by atoms with Crippen molar-refractivity contribution in [2.75, 3.05) is 13.2 Å². The first-order chi connectivity index (χ1) is 9.02. The van der Waals surface area contributed by atoms with Crippen molar-refractivity contribution in [3.05, 3.63) is 29.8 Å². The molecule has 2 N–H and O–H groups in total. The largest absolute Gasteiger partial charge is 0.491 e. The van der Waals surface area contributed by atoms with Gasteiger partial charge in [-0.15, -0.1) is 0 Å². The molecule has 0 radical (unpaired) electrons. The summed E-state index contributed by atoms with van der Waals surface area (Å²) in [4.78, 5) is 11.5. The van der Waals surface area contributed by atoms with E-state index in [1.807, 2.05) is 45.0 Å². The smallest absolute Gasteiger partial charge is 0.222 e. The van der Waals surface area contributed by atoms with Crippen molar-refractivity contribution in [3.8, 4) is 5.75 Å². The Morgan fingerprint density at radius 2 is 2.21 bits per heavy atom. The topological polar surface area (TPSA) is 58.6 Å². The second kappa shape index (κ2) is 7.79. The molecular formula is C15H23NO3. The molecule has 0 aliphatic heterocycles. The van der Waals surface area contributed by atoms with E-state index in [0.29, 0.717) is 0 Å². The molecule has 0 heterocycles. The van der Waals surface area contributed by atoms with Gasteiger partial charge in [0.2, 0.25) is 5.91 Å². The molecule has 0 aliphatic carbocycles. The van der Waals surface area contributed by atoms with Gasteiger partial charge in [0.15, 0.2) is 0 Å². The Kier molecular flexibility index (Phi) is 6.36. The van der Waals surface area contributed by atoms with Gasteiger partial charge in [-0.05, 0) is 31.0 Å². The van der Waals surface area contributed by atoms with E-state index < -0.39 is 6.10 Å². The monoisotopic (exact) mass is 265 g/mol. The van der Waals surface area contributed by atoms with E-state index in [1.165, 1.54) is 0 Å². The number of benzene rings is 1. The molecule has 4 nitrogen and oxygen atoms in total. The third-order valence-electron chi connectivity index (χ3n) is 3.00. The Labute approximate surface area is 114 Å². The van der Waals surface area contributed by atoms with Crippen molar-refractivity contribution in [3.63, 3.8) is 0 Å². The number of amides is 1. The molecule has 0 aliphatic rings. The molecule has 0 spiro atoms.